The molecule has 0 radical (unpaired) electrons. The molecule has 5 nitrogen and oxygen atoms in total. The zero-order chi connectivity index (χ0) is 17.6. The Kier molecular flexibility index (Phi) is 10.2. The Labute approximate surface area is 175 Å². The van der Waals surface area contributed by atoms with Crippen LogP contribution in [0.4, 0.5) is 4.39 Å². The predicted molar refractivity (Wildman–Crippen MR) is 112 cm³/mol. The second kappa shape index (κ2) is 11.6. The lowest BCUT2D eigenvalue weighted by molar-refractivity contribution is 0.0756. The van der Waals surface area contributed by atoms with Crippen molar-refractivity contribution in [1.82, 2.24) is 14.8 Å². The maximum atomic E-state index is 13.0. The zero-order valence-corrected chi connectivity index (χ0v) is 17.4. The molecule has 1 fully saturated rings. The van der Waals surface area contributed by atoms with Crippen molar-refractivity contribution in [2.75, 3.05) is 32.7 Å². The van der Waals surface area contributed by atoms with Gasteiger partial charge in [-0.2, -0.15) is 0 Å². The van der Waals surface area contributed by atoms with Crippen LogP contribution in [0.2, 0.25) is 0 Å². The first-order valence-corrected chi connectivity index (χ1v) is 9.44. The third-order valence-corrected chi connectivity index (χ3v) is 5.23. The number of benzene rings is 1. The number of carbonyl (C=O) groups is 1. The third-order valence-electron chi connectivity index (χ3n) is 4.32. The van der Waals surface area contributed by atoms with Crippen LogP contribution in [0.5, 0.6) is 0 Å². The normalized spacial score (nSPS) is 14.8. The molecule has 1 aromatic heterocycles. The van der Waals surface area contributed by atoms with Gasteiger partial charge < -0.3 is 10.6 Å². The Hall–Kier alpha value is -1.25. The first-order valence-electron chi connectivity index (χ1n) is 8.56. The first kappa shape index (κ1) is 23.8. The van der Waals surface area contributed by atoms with Crippen molar-refractivity contribution in [1.29, 1.82) is 0 Å². The summed E-state index contributed by atoms with van der Waals surface area (Å²) in [5.41, 5.74) is 7.16. The molecule has 0 atom stereocenters. The number of aromatic nitrogens is 1. The molecule has 3 rings (SSSR count). The minimum absolute atomic E-state index is 0. The van der Waals surface area contributed by atoms with Gasteiger partial charge in [-0.05, 0) is 30.7 Å². The summed E-state index contributed by atoms with van der Waals surface area (Å²) in [6.07, 6.45) is 1.64. The topological polar surface area (TPSA) is 62.5 Å². The highest BCUT2D eigenvalue weighted by Gasteiger charge is 2.22. The fraction of sp³-hybridized carbons (Fsp3) is 0.444. The van der Waals surface area contributed by atoms with Crippen LogP contribution < -0.4 is 5.73 Å². The van der Waals surface area contributed by atoms with Gasteiger partial charge in [0.2, 0.25) is 0 Å². The van der Waals surface area contributed by atoms with Crippen LogP contribution in [-0.4, -0.2) is 53.4 Å². The van der Waals surface area contributed by atoms with Crippen molar-refractivity contribution in [3.63, 3.8) is 0 Å². The van der Waals surface area contributed by atoms with Crippen molar-refractivity contribution < 1.29 is 9.18 Å². The summed E-state index contributed by atoms with van der Waals surface area (Å²) < 4.78 is 13.0. The Morgan fingerprint density at radius 2 is 1.89 bits per heavy atom. The summed E-state index contributed by atoms with van der Waals surface area (Å²) in [6.45, 7) is 4.48. The van der Waals surface area contributed by atoms with E-state index in [1.165, 1.54) is 23.5 Å². The fourth-order valence-electron chi connectivity index (χ4n) is 2.99. The van der Waals surface area contributed by atoms with Gasteiger partial charge in [0.05, 0.1) is 5.01 Å². The Morgan fingerprint density at radius 1 is 1.15 bits per heavy atom. The third kappa shape index (κ3) is 6.69. The average Bonchev–Trinajstić information content (AvgIpc) is 2.95. The van der Waals surface area contributed by atoms with E-state index in [4.69, 9.17) is 5.73 Å². The number of rotatable bonds is 5. The number of hydrogen-bond donors (Lipinski definition) is 1. The van der Waals surface area contributed by atoms with Crippen molar-refractivity contribution in [3.05, 3.63) is 51.7 Å². The SMILES string of the molecule is Cl.Cl.NCCc1nc(C(=O)N2CCCN(Cc3ccc(F)cc3)CC2)cs1. The largest absolute Gasteiger partial charge is 0.336 e. The van der Waals surface area contributed by atoms with Crippen LogP contribution in [0, 0.1) is 5.82 Å². The van der Waals surface area contributed by atoms with E-state index >= 15 is 0 Å². The molecule has 9 heteroatoms. The molecule has 0 spiro atoms. The van der Waals surface area contributed by atoms with Crippen LogP contribution in [0.25, 0.3) is 0 Å². The van der Waals surface area contributed by atoms with E-state index < -0.39 is 0 Å². The maximum absolute atomic E-state index is 13.0. The standard InChI is InChI=1S/C18H23FN4OS.2ClH/c19-15-4-2-14(3-5-15)12-22-8-1-9-23(11-10-22)18(24)16-13-25-17(21-16)6-7-20;;/h2-5,13H,1,6-12,20H2;2*1H. The quantitative estimate of drug-likeness (QED) is 0.785. The van der Waals surface area contributed by atoms with Gasteiger partial charge in [0.1, 0.15) is 11.5 Å². The van der Waals surface area contributed by atoms with E-state index in [1.54, 1.807) is 0 Å². The molecule has 0 unspecified atom stereocenters. The number of hydrogen-bond acceptors (Lipinski definition) is 5. The molecule has 0 aliphatic carbocycles. The van der Waals surface area contributed by atoms with E-state index in [1.807, 2.05) is 22.4 Å². The van der Waals surface area contributed by atoms with Crippen LogP contribution in [0.3, 0.4) is 0 Å². The molecule has 2 N–H and O–H groups in total. The van der Waals surface area contributed by atoms with Gasteiger partial charge in [-0.25, -0.2) is 9.37 Å². The zero-order valence-electron chi connectivity index (χ0n) is 15.0. The van der Waals surface area contributed by atoms with Gasteiger partial charge in [-0.3, -0.25) is 9.69 Å². The number of thiazole rings is 1. The molecule has 150 valence electrons. The summed E-state index contributed by atoms with van der Waals surface area (Å²) in [5.74, 6) is -0.211. The smallest absolute Gasteiger partial charge is 0.273 e. The predicted octanol–water partition coefficient (Wildman–Crippen LogP) is 2.98. The number of nitrogens with two attached hydrogens (primary N) is 1. The van der Waals surface area contributed by atoms with Crippen molar-refractivity contribution in [2.45, 2.75) is 19.4 Å². The van der Waals surface area contributed by atoms with Gasteiger partial charge in [-0.15, -0.1) is 36.2 Å². The Balaban J connectivity index is 0.00000182. The molecule has 0 bridgehead atoms. The van der Waals surface area contributed by atoms with E-state index in [0.717, 1.165) is 43.2 Å². The summed E-state index contributed by atoms with van der Waals surface area (Å²) in [7, 11) is 0. The highest BCUT2D eigenvalue weighted by Crippen LogP contribution is 2.15. The number of nitrogens with zero attached hydrogens (tertiary/aromatic N) is 3. The highest BCUT2D eigenvalue weighted by atomic mass is 35.5. The molecular weight excluding hydrogens is 410 g/mol. The molecule has 27 heavy (non-hydrogen) atoms. The lowest BCUT2D eigenvalue weighted by Gasteiger charge is -2.21. The number of carbonyl (C=O) groups excluding carboxylic acids is 1. The highest BCUT2D eigenvalue weighted by molar-refractivity contribution is 7.09. The molecule has 1 amide bonds. The van der Waals surface area contributed by atoms with Gasteiger partial charge in [0.15, 0.2) is 0 Å². The molecule has 1 aliphatic rings. The molecule has 2 heterocycles. The van der Waals surface area contributed by atoms with Crippen molar-refractivity contribution in [3.8, 4) is 0 Å². The lowest BCUT2D eigenvalue weighted by atomic mass is 10.2. The van der Waals surface area contributed by atoms with E-state index in [-0.39, 0.29) is 36.5 Å². The van der Waals surface area contributed by atoms with Crippen LogP contribution in [0.15, 0.2) is 29.6 Å². The van der Waals surface area contributed by atoms with Gasteiger partial charge in [0, 0.05) is 44.5 Å². The van der Waals surface area contributed by atoms with E-state index in [2.05, 4.69) is 9.88 Å². The van der Waals surface area contributed by atoms with Gasteiger partial charge >= 0.3 is 0 Å². The monoisotopic (exact) mass is 434 g/mol. The minimum Gasteiger partial charge on any atom is -0.336 e. The van der Waals surface area contributed by atoms with E-state index in [0.29, 0.717) is 25.2 Å². The first-order chi connectivity index (χ1) is 12.2. The second-order valence-corrected chi connectivity index (χ2v) is 7.16. The fourth-order valence-corrected chi connectivity index (χ4v) is 3.78. The number of amides is 1. The molecular formula is C18H25Cl2FN4OS. The summed E-state index contributed by atoms with van der Waals surface area (Å²) in [6, 6.07) is 6.61. The van der Waals surface area contributed by atoms with Gasteiger partial charge in [0.25, 0.3) is 5.91 Å². The van der Waals surface area contributed by atoms with Crippen molar-refractivity contribution >= 4 is 42.1 Å². The molecule has 0 saturated carbocycles. The molecule has 1 aliphatic heterocycles. The second-order valence-electron chi connectivity index (χ2n) is 6.21. The molecule has 2 aromatic rings. The summed E-state index contributed by atoms with van der Waals surface area (Å²) in [4.78, 5) is 21.2. The van der Waals surface area contributed by atoms with Crippen molar-refractivity contribution in [2.24, 2.45) is 5.73 Å². The molecule has 1 aromatic carbocycles. The Morgan fingerprint density at radius 3 is 2.59 bits per heavy atom. The summed E-state index contributed by atoms with van der Waals surface area (Å²) in [5, 5.41) is 2.74. The van der Waals surface area contributed by atoms with Crippen LogP contribution in [-0.2, 0) is 13.0 Å². The van der Waals surface area contributed by atoms with Gasteiger partial charge in [-0.1, -0.05) is 12.1 Å². The van der Waals surface area contributed by atoms with Crippen LogP contribution >= 0.6 is 36.2 Å². The summed E-state index contributed by atoms with van der Waals surface area (Å²) >= 11 is 1.50. The minimum atomic E-state index is -0.214. The lowest BCUT2D eigenvalue weighted by Crippen LogP contribution is -2.35. The molecule has 1 saturated heterocycles. The van der Waals surface area contributed by atoms with Crippen LogP contribution in [0.1, 0.15) is 27.5 Å². The average molecular weight is 435 g/mol. The maximum Gasteiger partial charge on any atom is 0.273 e. The Bertz CT molecular complexity index is 714. The number of halogens is 3. The van der Waals surface area contributed by atoms with E-state index in [9.17, 15) is 9.18 Å².